The van der Waals surface area contributed by atoms with Gasteiger partial charge in [0, 0.05) is 23.9 Å². The SMILES string of the molecule is Cc1ccccc1OCCNC(=O)CCCN1C(=O)c2cccc3cccc1c23. The predicted molar refractivity (Wildman–Crippen MR) is 115 cm³/mol. The quantitative estimate of drug-likeness (QED) is 0.592. The Morgan fingerprint density at radius 3 is 2.66 bits per heavy atom. The van der Waals surface area contributed by atoms with Gasteiger partial charge in [0.25, 0.3) is 5.91 Å². The summed E-state index contributed by atoms with van der Waals surface area (Å²) < 4.78 is 5.69. The van der Waals surface area contributed by atoms with Crippen molar-refractivity contribution in [2.24, 2.45) is 0 Å². The molecule has 2 amide bonds. The molecule has 0 aliphatic carbocycles. The molecule has 0 aromatic heterocycles. The van der Waals surface area contributed by atoms with E-state index in [0.29, 0.717) is 32.5 Å². The van der Waals surface area contributed by atoms with E-state index in [4.69, 9.17) is 4.74 Å². The van der Waals surface area contributed by atoms with Gasteiger partial charge >= 0.3 is 0 Å². The lowest BCUT2D eigenvalue weighted by Gasteiger charge is -2.17. The van der Waals surface area contributed by atoms with Crippen LogP contribution in [0.3, 0.4) is 0 Å². The zero-order valence-corrected chi connectivity index (χ0v) is 16.5. The van der Waals surface area contributed by atoms with E-state index in [1.807, 2.05) is 67.6 Å². The Morgan fingerprint density at radius 2 is 1.83 bits per heavy atom. The van der Waals surface area contributed by atoms with Crippen LogP contribution in [-0.4, -0.2) is 31.5 Å². The van der Waals surface area contributed by atoms with Gasteiger partial charge in [0.15, 0.2) is 0 Å². The maximum absolute atomic E-state index is 12.7. The molecule has 3 aromatic rings. The minimum absolute atomic E-state index is 0.0174. The summed E-state index contributed by atoms with van der Waals surface area (Å²) in [5.74, 6) is 0.827. The summed E-state index contributed by atoms with van der Waals surface area (Å²) in [7, 11) is 0. The lowest BCUT2D eigenvalue weighted by Crippen LogP contribution is -2.31. The summed E-state index contributed by atoms with van der Waals surface area (Å²) in [5.41, 5.74) is 2.76. The Hall–Kier alpha value is -3.34. The summed E-state index contributed by atoms with van der Waals surface area (Å²) >= 11 is 0. The molecule has 0 saturated heterocycles. The van der Waals surface area contributed by atoms with Gasteiger partial charge in [-0.3, -0.25) is 9.59 Å². The van der Waals surface area contributed by atoms with Crippen molar-refractivity contribution in [3.8, 4) is 5.75 Å². The lowest BCUT2D eigenvalue weighted by atomic mass is 10.1. The van der Waals surface area contributed by atoms with Gasteiger partial charge in [-0.05, 0) is 42.5 Å². The molecule has 4 rings (SSSR count). The monoisotopic (exact) mass is 388 g/mol. The Bertz CT molecular complexity index is 1060. The van der Waals surface area contributed by atoms with E-state index in [2.05, 4.69) is 5.32 Å². The normalized spacial score (nSPS) is 12.4. The van der Waals surface area contributed by atoms with Crippen LogP contribution in [0.4, 0.5) is 5.69 Å². The largest absolute Gasteiger partial charge is 0.491 e. The first-order valence-electron chi connectivity index (χ1n) is 9.94. The van der Waals surface area contributed by atoms with E-state index in [9.17, 15) is 9.59 Å². The molecule has 1 aliphatic rings. The summed E-state index contributed by atoms with van der Waals surface area (Å²) in [6.45, 7) is 3.41. The number of anilines is 1. The highest BCUT2D eigenvalue weighted by molar-refractivity contribution is 6.25. The summed E-state index contributed by atoms with van der Waals surface area (Å²) in [4.78, 5) is 26.6. The summed E-state index contributed by atoms with van der Waals surface area (Å²) in [6.07, 6.45) is 0.987. The second-order valence-corrected chi connectivity index (χ2v) is 7.21. The molecule has 3 aromatic carbocycles. The van der Waals surface area contributed by atoms with E-state index >= 15 is 0 Å². The molecule has 5 nitrogen and oxygen atoms in total. The number of benzene rings is 3. The van der Waals surface area contributed by atoms with Crippen LogP contribution in [-0.2, 0) is 4.79 Å². The Balaban J connectivity index is 1.24. The van der Waals surface area contributed by atoms with Crippen LogP contribution in [0.5, 0.6) is 5.75 Å². The fraction of sp³-hybridized carbons (Fsp3) is 0.250. The summed E-state index contributed by atoms with van der Waals surface area (Å²) in [5, 5.41) is 4.96. The number of amides is 2. The molecule has 29 heavy (non-hydrogen) atoms. The van der Waals surface area contributed by atoms with Gasteiger partial charge in [0.05, 0.1) is 12.2 Å². The summed E-state index contributed by atoms with van der Waals surface area (Å²) in [6, 6.07) is 19.6. The van der Waals surface area contributed by atoms with Crippen LogP contribution in [0.25, 0.3) is 10.8 Å². The van der Waals surface area contributed by atoms with Gasteiger partial charge < -0.3 is 15.0 Å². The van der Waals surface area contributed by atoms with E-state index in [1.165, 1.54) is 0 Å². The van der Waals surface area contributed by atoms with Crippen LogP contribution in [0, 0.1) is 6.92 Å². The highest BCUT2D eigenvalue weighted by Crippen LogP contribution is 2.37. The molecule has 0 unspecified atom stereocenters. The van der Waals surface area contributed by atoms with Gasteiger partial charge in [-0.15, -0.1) is 0 Å². The van der Waals surface area contributed by atoms with Gasteiger partial charge in [-0.1, -0.05) is 42.5 Å². The number of carbonyl (C=O) groups excluding carboxylic acids is 2. The third-order valence-corrected chi connectivity index (χ3v) is 5.21. The van der Waals surface area contributed by atoms with Crippen molar-refractivity contribution in [1.82, 2.24) is 5.32 Å². The Kier molecular flexibility index (Phi) is 5.47. The van der Waals surface area contributed by atoms with Crippen LogP contribution < -0.4 is 15.0 Å². The van der Waals surface area contributed by atoms with Crippen molar-refractivity contribution < 1.29 is 14.3 Å². The number of para-hydroxylation sites is 1. The zero-order valence-electron chi connectivity index (χ0n) is 16.5. The zero-order chi connectivity index (χ0) is 20.2. The molecular weight excluding hydrogens is 364 g/mol. The van der Waals surface area contributed by atoms with E-state index in [0.717, 1.165) is 33.3 Å². The molecule has 1 heterocycles. The molecule has 148 valence electrons. The van der Waals surface area contributed by atoms with Crippen molar-refractivity contribution in [3.05, 3.63) is 71.8 Å². The Labute approximate surface area is 170 Å². The molecule has 0 bridgehead atoms. The number of carbonyl (C=O) groups is 2. The maximum atomic E-state index is 12.7. The minimum Gasteiger partial charge on any atom is -0.491 e. The fourth-order valence-corrected chi connectivity index (χ4v) is 3.76. The van der Waals surface area contributed by atoms with Crippen molar-refractivity contribution in [1.29, 1.82) is 0 Å². The molecule has 1 aliphatic heterocycles. The van der Waals surface area contributed by atoms with E-state index in [1.54, 1.807) is 4.90 Å². The number of hydrogen-bond acceptors (Lipinski definition) is 3. The predicted octanol–water partition coefficient (Wildman–Crippen LogP) is 4.08. The highest BCUT2D eigenvalue weighted by atomic mass is 16.5. The molecule has 0 spiro atoms. The van der Waals surface area contributed by atoms with Crippen LogP contribution in [0.1, 0.15) is 28.8 Å². The van der Waals surface area contributed by atoms with Crippen molar-refractivity contribution in [3.63, 3.8) is 0 Å². The van der Waals surface area contributed by atoms with Gasteiger partial charge in [0.1, 0.15) is 12.4 Å². The van der Waals surface area contributed by atoms with Crippen molar-refractivity contribution in [2.75, 3.05) is 24.6 Å². The van der Waals surface area contributed by atoms with Gasteiger partial charge in [-0.2, -0.15) is 0 Å². The first-order chi connectivity index (χ1) is 14.1. The highest BCUT2D eigenvalue weighted by Gasteiger charge is 2.28. The molecular formula is C24H24N2O3. The van der Waals surface area contributed by atoms with Crippen LogP contribution in [0.2, 0.25) is 0 Å². The smallest absolute Gasteiger partial charge is 0.258 e. The molecule has 1 N–H and O–H groups in total. The topological polar surface area (TPSA) is 58.6 Å². The minimum atomic E-state index is -0.0271. The molecule has 5 heteroatoms. The standard InChI is InChI=1S/C24H24N2O3/c1-17-7-2-3-12-21(17)29-16-14-25-22(27)13-6-15-26-20-11-5-9-18-8-4-10-19(23(18)20)24(26)28/h2-5,7-12H,6,13-16H2,1H3,(H,25,27). The number of nitrogens with one attached hydrogen (secondary N) is 1. The van der Waals surface area contributed by atoms with Gasteiger partial charge in [-0.25, -0.2) is 0 Å². The average Bonchev–Trinajstić information content (AvgIpc) is 3.00. The third-order valence-electron chi connectivity index (χ3n) is 5.21. The Morgan fingerprint density at radius 1 is 1.03 bits per heavy atom. The van der Waals surface area contributed by atoms with Crippen molar-refractivity contribution >= 4 is 28.3 Å². The molecule has 0 radical (unpaired) electrons. The number of aryl methyl sites for hydroxylation is 1. The molecule has 0 fully saturated rings. The second kappa shape index (κ2) is 8.35. The number of hydrogen-bond donors (Lipinski definition) is 1. The maximum Gasteiger partial charge on any atom is 0.258 e. The van der Waals surface area contributed by atoms with E-state index in [-0.39, 0.29) is 11.8 Å². The lowest BCUT2D eigenvalue weighted by molar-refractivity contribution is -0.121. The number of ether oxygens (including phenoxy) is 1. The average molecular weight is 388 g/mol. The number of rotatable bonds is 8. The van der Waals surface area contributed by atoms with Crippen LogP contribution >= 0.6 is 0 Å². The molecule has 0 atom stereocenters. The number of nitrogens with zero attached hydrogens (tertiary/aromatic N) is 1. The fourth-order valence-electron chi connectivity index (χ4n) is 3.76. The van der Waals surface area contributed by atoms with Crippen LogP contribution in [0.15, 0.2) is 60.7 Å². The van der Waals surface area contributed by atoms with Gasteiger partial charge in [0.2, 0.25) is 5.91 Å². The first kappa shape index (κ1) is 19.0. The first-order valence-corrected chi connectivity index (χ1v) is 9.94. The second-order valence-electron chi connectivity index (χ2n) is 7.21. The molecule has 0 saturated carbocycles. The van der Waals surface area contributed by atoms with Crippen molar-refractivity contribution in [2.45, 2.75) is 19.8 Å². The third kappa shape index (κ3) is 3.94. The van der Waals surface area contributed by atoms with E-state index < -0.39 is 0 Å².